The number of halogens is 4. The van der Waals surface area contributed by atoms with Crippen molar-refractivity contribution in [3.8, 4) is 11.1 Å². The Morgan fingerprint density at radius 2 is 1.57 bits per heavy atom. The molecule has 42 heavy (non-hydrogen) atoms. The number of benzene rings is 3. The van der Waals surface area contributed by atoms with E-state index in [0.717, 1.165) is 44.4 Å². The molecule has 2 heterocycles. The first-order valence-electron chi connectivity index (χ1n) is 12.6. The fraction of sp³-hybridized carbons (Fsp3) is 0.194. The maximum absolute atomic E-state index is 12.9. The van der Waals surface area contributed by atoms with Crippen LogP contribution in [-0.4, -0.2) is 38.5 Å². The highest BCUT2D eigenvalue weighted by molar-refractivity contribution is 6.30. The Hall–Kier alpha value is -4.41. The second kappa shape index (κ2) is 11.8. The summed E-state index contributed by atoms with van der Waals surface area (Å²) in [5.74, 6) is -2.76. The van der Waals surface area contributed by atoms with E-state index in [-0.39, 0.29) is 5.56 Å². The topological polar surface area (TPSA) is 86.4 Å². The van der Waals surface area contributed by atoms with Crippen LogP contribution in [0, 0.1) is 6.92 Å². The van der Waals surface area contributed by atoms with Gasteiger partial charge in [-0.2, -0.15) is 13.2 Å². The van der Waals surface area contributed by atoms with Crippen LogP contribution in [0.1, 0.15) is 22.4 Å². The lowest BCUT2D eigenvalue weighted by molar-refractivity contribution is -0.192. The van der Waals surface area contributed by atoms with Crippen LogP contribution in [0.5, 0.6) is 0 Å². The monoisotopic (exact) mass is 597 g/mol. The zero-order valence-corrected chi connectivity index (χ0v) is 23.9. The average Bonchev–Trinajstić information content (AvgIpc) is 3.38. The minimum absolute atomic E-state index is 0.0501. The summed E-state index contributed by atoms with van der Waals surface area (Å²) in [6.45, 7) is 2.06. The third kappa shape index (κ3) is 5.68. The molecule has 7 nitrogen and oxygen atoms in total. The predicted octanol–water partition coefficient (Wildman–Crippen LogP) is 6.47. The van der Waals surface area contributed by atoms with E-state index < -0.39 is 17.7 Å². The first-order valence-corrected chi connectivity index (χ1v) is 13.0. The number of hydrogen-bond donors (Lipinski definition) is 1. The van der Waals surface area contributed by atoms with Crippen molar-refractivity contribution in [3.05, 3.63) is 123 Å². The number of carbonyl (C=O) groups is 1. The molecular formula is C31H27ClF3N3O4. The number of aliphatic carboxylic acids is 1. The Labute approximate surface area is 244 Å². The van der Waals surface area contributed by atoms with Crippen molar-refractivity contribution >= 4 is 28.5 Å². The van der Waals surface area contributed by atoms with Gasteiger partial charge in [0.25, 0.3) is 5.56 Å². The smallest absolute Gasteiger partial charge is 0.475 e. The number of methoxy groups -OCH3 is 1. The lowest BCUT2D eigenvalue weighted by Gasteiger charge is -2.34. The number of hydrogen-bond acceptors (Lipinski definition) is 4. The quantitative estimate of drug-likeness (QED) is 0.251. The number of alkyl halides is 3. The minimum atomic E-state index is -5.08. The molecule has 0 bridgehead atoms. The van der Waals surface area contributed by atoms with E-state index in [1.807, 2.05) is 66.3 Å². The van der Waals surface area contributed by atoms with Gasteiger partial charge >= 0.3 is 12.1 Å². The number of carboxylic acids is 1. The van der Waals surface area contributed by atoms with Crippen molar-refractivity contribution in [2.75, 3.05) is 7.11 Å². The van der Waals surface area contributed by atoms with E-state index >= 15 is 0 Å². The standard InChI is InChI=1S/C29H26ClN3O2.C2HF3O2/c1-19-7-5-6-8-23(19)24-16-28(34)33(3)26-14-11-21(15-25(24)26)29(35-4,27-17-31-18-32(27)2)20-9-12-22(30)13-10-20;3-2(4,5)1(6)7/h5-18H,1-4H3;(H,6,7). The molecule has 1 atom stereocenters. The zero-order valence-electron chi connectivity index (χ0n) is 23.1. The highest BCUT2D eigenvalue weighted by atomic mass is 35.5. The van der Waals surface area contributed by atoms with Gasteiger partial charge in [-0.15, -0.1) is 0 Å². The molecule has 11 heteroatoms. The summed E-state index contributed by atoms with van der Waals surface area (Å²) in [6, 6.07) is 23.7. The van der Waals surface area contributed by atoms with E-state index in [4.69, 9.17) is 26.2 Å². The van der Waals surface area contributed by atoms with Gasteiger partial charge in [-0.3, -0.25) is 4.79 Å². The molecule has 0 aliphatic rings. The molecule has 0 aliphatic heterocycles. The zero-order chi connectivity index (χ0) is 30.8. The number of rotatable bonds is 5. The van der Waals surface area contributed by atoms with Gasteiger partial charge in [0.2, 0.25) is 0 Å². The van der Waals surface area contributed by atoms with Gasteiger partial charge in [-0.1, -0.05) is 54.1 Å². The summed E-state index contributed by atoms with van der Waals surface area (Å²) in [6.07, 6.45) is -1.49. The maximum Gasteiger partial charge on any atom is 0.490 e. The van der Waals surface area contributed by atoms with E-state index in [1.165, 1.54) is 0 Å². The number of imidazole rings is 1. The molecule has 5 rings (SSSR count). The number of fused-ring (bicyclic) bond motifs is 1. The van der Waals surface area contributed by atoms with E-state index in [0.29, 0.717) is 5.02 Å². The molecule has 218 valence electrons. The third-order valence-electron chi connectivity index (χ3n) is 7.07. The first kappa shape index (κ1) is 30.5. The fourth-order valence-corrected chi connectivity index (χ4v) is 5.09. The molecule has 0 fully saturated rings. The van der Waals surface area contributed by atoms with Crippen molar-refractivity contribution in [2.24, 2.45) is 14.1 Å². The van der Waals surface area contributed by atoms with Gasteiger partial charge in [-0.25, -0.2) is 9.78 Å². The third-order valence-corrected chi connectivity index (χ3v) is 7.32. The fourth-order valence-electron chi connectivity index (χ4n) is 4.96. The van der Waals surface area contributed by atoms with Gasteiger partial charge in [0, 0.05) is 37.7 Å². The van der Waals surface area contributed by atoms with Gasteiger partial charge in [0.05, 0.1) is 23.7 Å². The molecule has 0 amide bonds. The van der Waals surface area contributed by atoms with Crippen LogP contribution in [0.25, 0.3) is 22.0 Å². The van der Waals surface area contributed by atoms with Gasteiger partial charge in [-0.05, 0) is 59.0 Å². The number of aryl methyl sites for hydroxylation is 3. The van der Waals surface area contributed by atoms with E-state index in [2.05, 4.69) is 30.1 Å². The maximum atomic E-state index is 12.9. The Balaban J connectivity index is 0.000000517. The molecule has 0 spiro atoms. The van der Waals surface area contributed by atoms with Gasteiger partial charge in [0.1, 0.15) is 0 Å². The summed E-state index contributed by atoms with van der Waals surface area (Å²) in [7, 11) is 5.46. The molecule has 1 unspecified atom stereocenters. The van der Waals surface area contributed by atoms with Crippen molar-refractivity contribution in [1.82, 2.24) is 14.1 Å². The molecular weight excluding hydrogens is 571 g/mol. The number of ether oxygens (including phenoxy) is 1. The summed E-state index contributed by atoms with van der Waals surface area (Å²) in [4.78, 5) is 26.2. The van der Waals surface area contributed by atoms with Crippen molar-refractivity contribution < 1.29 is 27.8 Å². The molecule has 1 N–H and O–H groups in total. The van der Waals surface area contributed by atoms with E-state index in [1.54, 1.807) is 31.1 Å². The Kier molecular flexibility index (Phi) is 8.60. The second-order valence-corrected chi connectivity index (χ2v) is 10.0. The van der Waals surface area contributed by atoms with Crippen LogP contribution in [0.15, 0.2) is 90.1 Å². The molecule has 0 aliphatic carbocycles. The van der Waals surface area contributed by atoms with Crippen LogP contribution in [0.2, 0.25) is 5.02 Å². The molecule has 0 radical (unpaired) electrons. The van der Waals surface area contributed by atoms with Crippen LogP contribution >= 0.6 is 11.6 Å². The number of carboxylic acid groups (broad SMARTS) is 1. The summed E-state index contributed by atoms with van der Waals surface area (Å²) >= 11 is 6.23. The molecule has 0 saturated carbocycles. The highest BCUT2D eigenvalue weighted by Crippen LogP contribution is 2.42. The normalized spacial score (nSPS) is 12.9. The van der Waals surface area contributed by atoms with Crippen LogP contribution in [0.4, 0.5) is 13.2 Å². The summed E-state index contributed by atoms with van der Waals surface area (Å²) < 4.78 is 41.8. The van der Waals surface area contributed by atoms with Crippen molar-refractivity contribution in [1.29, 1.82) is 0 Å². The number of nitrogens with zero attached hydrogens (tertiary/aromatic N) is 3. The molecule has 2 aromatic heterocycles. The molecule has 0 saturated heterocycles. The number of aromatic nitrogens is 3. The highest BCUT2D eigenvalue weighted by Gasteiger charge is 2.40. The SMILES string of the molecule is COC(c1ccc(Cl)cc1)(c1ccc2c(c1)c(-c1ccccc1C)cc(=O)n2C)c1cncn1C.O=C(O)C(F)(F)F. The average molecular weight is 598 g/mol. The number of pyridine rings is 1. The van der Waals surface area contributed by atoms with Crippen LogP contribution in [-0.2, 0) is 29.2 Å². The van der Waals surface area contributed by atoms with Crippen molar-refractivity contribution in [3.63, 3.8) is 0 Å². The Morgan fingerprint density at radius 3 is 2.12 bits per heavy atom. The predicted molar refractivity (Wildman–Crippen MR) is 155 cm³/mol. The van der Waals surface area contributed by atoms with E-state index in [9.17, 15) is 18.0 Å². The largest absolute Gasteiger partial charge is 0.490 e. The summed E-state index contributed by atoms with van der Waals surface area (Å²) in [5.41, 5.74) is 5.62. The lowest BCUT2D eigenvalue weighted by Crippen LogP contribution is -2.33. The van der Waals surface area contributed by atoms with Crippen molar-refractivity contribution in [2.45, 2.75) is 18.7 Å². The summed E-state index contributed by atoms with van der Waals surface area (Å²) in [5, 5.41) is 8.75. The van der Waals surface area contributed by atoms with Crippen LogP contribution in [0.3, 0.4) is 0 Å². The Bertz CT molecular complexity index is 1810. The molecule has 3 aromatic carbocycles. The van der Waals surface area contributed by atoms with Crippen LogP contribution < -0.4 is 5.56 Å². The first-order chi connectivity index (χ1) is 19.8. The minimum Gasteiger partial charge on any atom is -0.475 e. The lowest BCUT2D eigenvalue weighted by atomic mass is 9.82. The Morgan fingerprint density at radius 1 is 0.952 bits per heavy atom. The van der Waals surface area contributed by atoms with Gasteiger partial charge in [0.15, 0.2) is 5.60 Å². The molecule has 5 aromatic rings. The van der Waals surface area contributed by atoms with Gasteiger partial charge < -0.3 is 19.0 Å². The second-order valence-electron chi connectivity index (χ2n) is 9.59.